The van der Waals surface area contributed by atoms with Crippen LogP contribution in [0.2, 0.25) is 0 Å². The van der Waals surface area contributed by atoms with Crippen molar-refractivity contribution in [2.45, 2.75) is 108 Å². The van der Waals surface area contributed by atoms with E-state index in [2.05, 4.69) is 19.1 Å². The predicted molar refractivity (Wildman–Crippen MR) is 109 cm³/mol. The van der Waals surface area contributed by atoms with Crippen LogP contribution in [0.15, 0.2) is 12.2 Å². The van der Waals surface area contributed by atoms with Crippen LogP contribution in [-0.4, -0.2) is 59.6 Å². The highest BCUT2D eigenvalue weighted by atomic mass is 16.6. The van der Waals surface area contributed by atoms with Gasteiger partial charge in [-0.1, -0.05) is 70.4 Å². The molecular weight excluding hydrogens is 344 g/mol. The molecule has 4 atom stereocenters. The fraction of sp³-hybridized carbons (Fsp3) is 0.909. The van der Waals surface area contributed by atoms with Crippen molar-refractivity contribution in [1.82, 2.24) is 0 Å². The van der Waals surface area contributed by atoms with Gasteiger partial charge in [-0.2, -0.15) is 0 Å². The second-order valence-electron chi connectivity index (χ2n) is 7.65. The fourth-order valence-corrected chi connectivity index (χ4v) is 3.50. The van der Waals surface area contributed by atoms with Crippen molar-refractivity contribution in [1.29, 1.82) is 0 Å². The average Bonchev–Trinajstić information content (AvgIpc) is 3.00. The first kappa shape index (κ1) is 24.6. The number of ether oxygens (including phenoxy) is 2. The normalized spacial score (nSPS) is 24.1. The molecule has 1 aliphatic heterocycles. The maximum atomic E-state index is 9.82. The zero-order chi connectivity index (χ0) is 19.7. The molecule has 0 unspecified atom stereocenters. The molecule has 1 heterocycles. The Morgan fingerprint density at radius 3 is 2.04 bits per heavy atom. The second kappa shape index (κ2) is 16.5. The first-order valence-corrected chi connectivity index (χ1v) is 11.1. The molecule has 3 N–H and O–H groups in total. The highest BCUT2D eigenvalue weighted by Gasteiger charge is 2.40. The number of hydrogen-bond acceptors (Lipinski definition) is 5. The molecule has 1 saturated heterocycles. The molecule has 0 aromatic heterocycles. The number of aliphatic hydroxyl groups excluding tert-OH is 3. The number of hydrogen-bond donors (Lipinski definition) is 3. The van der Waals surface area contributed by atoms with E-state index >= 15 is 0 Å². The lowest BCUT2D eigenvalue weighted by molar-refractivity contribution is -0.101. The zero-order valence-corrected chi connectivity index (χ0v) is 17.2. The standard InChI is InChI=1S/C22H42O5/c1-2-3-4-5-6-7-8-9-10-11-12-13-14-15-16-26-20(17-23)22-21(25)19(24)18-27-22/h3-4,19-25H,2,5-18H2,1H3/b4-3+/t19-,20+,21-,22-/m1/s1. The van der Waals surface area contributed by atoms with E-state index in [0.29, 0.717) is 6.61 Å². The summed E-state index contributed by atoms with van der Waals surface area (Å²) < 4.78 is 11.0. The summed E-state index contributed by atoms with van der Waals surface area (Å²) in [6.07, 6.45) is 16.5. The number of unbranched alkanes of at least 4 members (excludes halogenated alkanes) is 10. The summed E-state index contributed by atoms with van der Waals surface area (Å²) in [6, 6.07) is 0. The van der Waals surface area contributed by atoms with Crippen LogP contribution in [0, 0.1) is 0 Å². The third-order valence-electron chi connectivity index (χ3n) is 5.24. The highest BCUT2D eigenvalue weighted by Crippen LogP contribution is 2.20. The van der Waals surface area contributed by atoms with Gasteiger partial charge in [0, 0.05) is 6.61 Å². The van der Waals surface area contributed by atoms with Gasteiger partial charge in [-0.15, -0.1) is 0 Å². The van der Waals surface area contributed by atoms with Gasteiger partial charge in [0.05, 0.1) is 13.2 Å². The van der Waals surface area contributed by atoms with E-state index in [9.17, 15) is 15.3 Å². The van der Waals surface area contributed by atoms with E-state index in [1.807, 2.05) is 0 Å². The van der Waals surface area contributed by atoms with Gasteiger partial charge in [0.2, 0.25) is 0 Å². The summed E-state index contributed by atoms with van der Waals surface area (Å²) in [4.78, 5) is 0. The van der Waals surface area contributed by atoms with Crippen LogP contribution >= 0.6 is 0 Å². The van der Waals surface area contributed by atoms with Gasteiger partial charge in [-0.3, -0.25) is 0 Å². The maximum Gasteiger partial charge on any atom is 0.114 e. The quantitative estimate of drug-likeness (QED) is 0.262. The van der Waals surface area contributed by atoms with E-state index in [1.165, 1.54) is 57.8 Å². The van der Waals surface area contributed by atoms with Crippen LogP contribution in [0.4, 0.5) is 0 Å². The molecule has 5 heteroatoms. The predicted octanol–water partition coefficient (Wildman–Crippen LogP) is 3.74. The third kappa shape index (κ3) is 11.2. The Hall–Kier alpha value is -0.460. The van der Waals surface area contributed by atoms with Crippen molar-refractivity contribution in [2.75, 3.05) is 19.8 Å². The minimum atomic E-state index is -0.977. The van der Waals surface area contributed by atoms with E-state index in [4.69, 9.17) is 9.47 Å². The summed E-state index contributed by atoms with van der Waals surface area (Å²) in [5, 5.41) is 28.7. The van der Waals surface area contributed by atoms with Gasteiger partial charge < -0.3 is 24.8 Å². The molecule has 160 valence electrons. The molecule has 1 fully saturated rings. The van der Waals surface area contributed by atoms with Crippen molar-refractivity contribution in [2.24, 2.45) is 0 Å². The van der Waals surface area contributed by atoms with E-state index in [1.54, 1.807) is 0 Å². The average molecular weight is 387 g/mol. The van der Waals surface area contributed by atoms with Gasteiger partial charge in [0.25, 0.3) is 0 Å². The largest absolute Gasteiger partial charge is 0.394 e. The number of aliphatic hydroxyl groups is 3. The van der Waals surface area contributed by atoms with Crippen molar-refractivity contribution in [3.63, 3.8) is 0 Å². The molecule has 1 aliphatic rings. The molecule has 0 bridgehead atoms. The molecule has 0 radical (unpaired) electrons. The minimum Gasteiger partial charge on any atom is -0.394 e. The van der Waals surface area contributed by atoms with Crippen LogP contribution in [0.5, 0.6) is 0 Å². The van der Waals surface area contributed by atoms with Gasteiger partial charge in [0.1, 0.15) is 24.4 Å². The summed E-state index contributed by atoms with van der Waals surface area (Å²) in [5.41, 5.74) is 0. The zero-order valence-electron chi connectivity index (χ0n) is 17.2. The van der Waals surface area contributed by atoms with Crippen LogP contribution in [-0.2, 0) is 9.47 Å². The van der Waals surface area contributed by atoms with Gasteiger partial charge in [-0.05, 0) is 25.7 Å². The van der Waals surface area contributed by atoms with Crippen molar-refractivity contribution >= 4 is 0 Å². The number of rotatable bonds is 17. The molecule has 0 saturated carbocycles. The first-order valence-electron chi connectivity index (χ1n) is 11.1. The third-order valence-corrected chi connectivity index (χ3v) is 5.24. The smallest absolute Gasteiger partial charge is 0.114 e. The van der Waals surface area contributed by atoms with Crippen LogP contribution in [0.25, 0.3) is 0 Å². The Labute approximate surface area is 165 Å². The van der Waals surface area contributed by atoms with Crippen LogP contribution < -0.4 is 0 Å². The van der Waals surface area contributed by atoms with Gasteiger partial charge in [0.15, 0.2) is 0 Å². The van der Waals surface area contributed by atoms with E-state index in [0.717, 1.165) is 19.3 Å². The molecule has 5 nitrogen and oxygen atoms in total. The molecule has 0 amide bonds. The molecule has 0 spiro atoms. The second-order valence-corrected chi connectivity index (χ2v) is 7.65. The Morgan fingerprint density at radius 2 is 1.52 bits per heavy atom. The van der Waals surface area contributed by atoms with Gasteiger partial charge in [-0.25, -0.2) is 0 Å². The first-order chi connectivity index (χ1) is 13.2. The Morgan fingerprint density at radius 1 is 0.926 bits per heavy atom. The summed E-state index contributed by atoms with van der Waals surface area (Å²) in [7, 11) is 0. The van der Waals surface area contributed by atoms with Crippen LogP contribution in [0.1, 0.15) is 84.0 Å². The van der Waals surface area contributed by atoms with Crippen molar-refractivity contribution < 1.29 is 24.8 Å². The lowest BCUT2D eigenvalue weighted by Gasteiger charge is -2.24. The fourth-order valence-electron chi connectivity index (χ4n) is 3.50. The molecule has 1 rings (SSSR count). The Bertz CT molecular complexity index is 361. The molecule has 27 heavy (non-hydrogen) atoms. The topological polar surface area (TPSA) is 79.2 Å². The molecular formula is C22H42O5. The number of allylic oxidation sites excluding steroid dienone is 2. The Balaban J connectivity index is 1.86. The lowest BCUT2D eigenvalue weighted by atomic mass is 10.1. The van der Waals surface area contributed by atoms with E-state index < -0.39 is 24.4 Å². The summed E-state index contributed by atoms with van der Waals surface area (Å²) in [6.45, 7) is 2.63. The molecule has 0 aromatic rings. The minimum absolute atomic E-state index is 0.0988. The van der Waals surface area contributed by atoms with Crippen molar-refractivity contribution in [3.8, 4) is 0 Å². The monoisotopic (exact) mass is 386 g/mol. The summed E-state index contributed by atoms with van der Waals surface area (Å²) >= 11 is 0. The van der Waals surface area contributed by atoms with Crippen LogP contribution in [0.3, 0.4) is 0 Å². The summed E-state index contributed by atoms with van der Waals surface area (Å²) in [5.74, 6) is 0. The van der Waals surface area contributed by atoms with Crippen molar-refractivity contribution in [3.05, 3.63) is 12.2 Å². The maximum absolute atomic E-state index is 9.82. The Kier molecular flexibility index (Phi) is 15.0. The van der Waals surface area contributed by atoms with Gasteiger partial charge >= 0.3 is 0 Å². The molecule has 0 aromatic carbocycles. The lowest BCUT2D eigenvalue weighted by Crippen LogP contribution is -2.42. The highest BCUT2D eigenvalue weighted by molar-refractivity contribution is 4.88. The SMILES string of the molecule is CC/C=C/CCCCCCCCCCCCO[C@@H](CO)[C@H]1OC[C@@H](O)[C@H]1O. The van der Waals surface area contributed by atoms with E-state index in [-0.39, 0.29) is 13.2 Å². The molecule has 0 aliphatic carbocycles.